The number of nitrogens with two attached hydrogens (primary N) is 1. The summed E-state index contributed by atoms with van der Waals surface area (Å²) in [6.07, 6.45) is 4.68. The molecule has 7 heteroatoms. The number of fused-ring (bicyclic) bond motifs is 1. The van der Waals surface area contributed by atoms with Crippen molar-refractivity contribution in [2.24, 2.45) is 5.73 Å². The fourth-order valence-electron chi connectivity index (χ4n) is 5.92. The number of amides is 1. The Morgan fingerprint density at radius 3 is 2.42 bits per heavy atom. The standard InChI is InChI=1S/C21H17FN2.C15H22N2O2/c1-13-6-3-4-8-16(13)20-14(2)7-5-9-17(20)21-23-18-11-10-15(22)12-19(18)24-21;1-11-4-5-12(14(16)18)13(10-11)17-9-8-15(19)6-2-3-7-15/h3-12H,1-2H3,(H,23,24);4-5,10,17,19H,2-3,6-9H2,1H3,(H2,16,18). The topological polar surface area (TPSA) is 104 Å². The SMILES string of the molecule is Cc1ccc(C(N)=O)c(NCCC2(O)CCCC2)c1.Cc1ccccc1-c1c(C)cccc1-c1nc2ccc(F)cc2[nH]1. The maximum Gasteiger partial charge on any atom is 0.250 e. The minimum atomic E-state index is -0.524. The van der Waals surface area contributed by atoms with E-state index >= 15 is 0 Å². The van der Waals surface area contributed by atoms with Crippen LogP contribution in [0.25, 0.3) is 33.5 Å². The summed E-state index contributed by atoms with van der Waals surface area (Å²) in [5, 5.41) is 13.5. The summed E-state index contributed by atoms with van der Waals surface area (Å²) in [5.41, 5.74) is 14.4. The van der Waals surface area contributed by atoms with Crippen molar-refractivity contribution in [1.29, 1.82) is 0 Å². The zero-order valence-corrected chi connectivity index (χ0v) is 25.0. The number of H-pyrrole nitrogens is 1. The number of carbonyl (C=O) groups excluding carboxylic acids is 1. The third kappa shape index (κ3) is 6.95. The monoisotopic (exact) mass is 578 g/mol. The number of hydrogen-bond donors (Lipinski definition) is 4. The van der Waals surface area contributed by atoms with E-state index in [4.69, 9.17) is 5.73 Å². The maximum absolute atomic E-state index is 13.5. The predicted octanol–water partition coefficient (Wildman–Crippen LogP) is 7.85. The van der Waals surface area contributed by atoms with Gasteiger partial charge < -0.3 is 21.1 Å². The molecular weight excluding hydrogens is 539 g/mol. The van der Waals surface area contributed by atoms with E-state index in [1.165, 1.54) is 28.8 Å². The molecule has 0 radical (unpaired) electrons. The molecule has 0 saturated heterocycles. The van der Waals surface area contributed by atoms with Crippen LogP contribution in [0.1, 0.15) is 59.2 Å². The van der Waals surface area contributed by atoms with Gasteiger partial charge in [-0.05, 0) is 98.2 Å². The van der Waals surface area contributed by atoms with Gasteiger partial charge in [0.2, 0.25) is 0 Å². The molecule has 1 aromatic heterocycles. The van der Waals surface area contributed by atoms with Crippen LogP contribution in [0.2, 0.25) is 0 Å². The van der Waals surface area contributed by atoms with Crippen LogP contribution in [0.3, 0.4) is 0 Å². The number of aromatic amines is 1. The summed E-state index contributed by atoms with van der Waals surface area (Å²) in [5.74, 6) is 0.0701. The van der Waals surface area contributed by atoms with Crippen LogP contribution in [0, 0.1) is 26.6 Å². The largest absolute Gasteiger partial charge is 0.390 e. The van der Waals surface area contributed by atoms with Gasteiger partial charge in [0.05, 0.1) is 22.2 Å². The number of primary amides is 1. The van der Waals surface area contributed by atoms with Crippen LogP contribution >= 0.6 is 0 Å². The molecule has 1 fully saturated rings. The van der Waals surface area contributed by atoms with E-state index in [-0.39, 0.29) is 5.82 Å². The van der Waals surface area contributed by atoms with E-state index in [9.17, 15) is 14.3 Å². The number of aryl methyl sites for hydroxylation is 3. The Balaban J connectivity index is 0.000000177. The van der Waals surface area contributed by atoms with E-state index in [2.05, 4.69) is 53.4 Å². The van der Waals surface area contributed by atoms with Gasteiger partial charge in [-0.2, -0.15) is 0 Å². The lowest BCUT2D eigenvalue weighted by molar-refractivity contribution is 0.0424. The number of nitrogens with zero attached hydrogens (tertiary/aromatic N) is 1. The highest BCUT2D eigenvalue weighted by molar-refractivity contribution is 5.98. The van der Waals surface area contributed by atoms with Crippen molar-refractivity contribution in [3.05, 3.63) is 107 Å². The van der Waals surface area contributed by atoms with E-state index in [1.807, 2.05) is 37.3 Å². The number of rotatable bonds is 7. The van der Waals surface area contributed by atoms with Crippen molar-refractivity contribution < 1.29 is 14.3 Å². The fourth-order valence-corrected chi connectivity index (χ4v) is 5.92. The molecule has 0 unspecified atom stereocenters. The molecule has 4 aromatic carbocycles. The Labute approximate surface area is 252 Å². The van der Waals surface area contributed by atoms with Crippen molar-refractivity contribution >= 4 is 22.6 Å². The van der Waals surface area contributed by atoms with Crippen molar-refractivity contribution in [3.8, 4) is 22.5 Å². The van der Waals surface area contributed by atoms with Gasteiger partial charge in [0.25, 0.3) is 5.91 Å². The number of aliphatic hydroxyl groups is 1. The molecule has 1 amide bonds. The molecule has 0 atom stereocenters. The number of aromatic nitrogens is 2. The minimum absolute atomic E-state index is 0.263. The summed E-state index contributed by atoms with van der Waals surface area (Å²) in [4.78, 5) is 19.3. The molecule has 6 rings (SSSR count). The Morgan fingerprint density at radius 2 is 1.67 bits per heavy atom. The molecule has 6 nitrogen and oxygen atoms in total. The van der Waals surface area contributed by atoms with E-state index in [0.717, 1.165) is 59.4 Å². The summed E-state index contributed by atoms with van der Waals surface area (Å²) in [6.45, 7) is 6.84. The lowest BCUT2D eigenvalue weighted by Crippen LogP contribution is -2.27. The molecule has 0 bridgehead atoms. The van der Waals surface area contributed by atoms with Crippen molar-refractivity contribution in [2.45, 2.75) is 58.5 Å². The molecule has 1 saturated carbocycles. The quantitative estimate of drug-likeness (QED) is 0.158. The van der Waals surface area contributed by atoms with Gasteiger partial charge in [-0.1, -0.05) is 61.4 Å². The zero-order valence-electron chi connectivity index (χ0n) is 25.0. The molecule has 5 aromatic rings. The minimum Gasteiger partial charge on any atom is -0.390 e. The zero-order chi connectivity index (χ0) is 30.6. The molecule has 1 aliphatic carbocycles. The molecule has 1 heterocycles. The Kier molecular flexibility index (Phi) is 8.92. The predicted molar refractivity (Wildman–Crippen MR) is 173 cm³/mol. The molecule has 0 aliphatic heterocycles. The van der Waals surface area contributed by atoms with Gasteiger partial charge in [0, 0.05) is 17.8 Å². The van der Waals surface area contributed by atoms with Gasteiger partial charge in [0.15, 0.2) is 0 Å². The highest BCUT2D eigenvalue weighted by Gasteiger charge is 2.30. The molecule has 5 N–H and O–H groups in total. The first-order chi connectivity index (χ1) is 20.6. The van der Waals surface area contributed by atoms with Crippen LogP contribution in [0.4, 0.5) is 10.1 Å². The van der Waals surface area contributed by atoms with E-state index in [1.54, 1.807) is 12.1 Å². The van der Waals surface area contributed by atoms with Crippen LogP contribution in [0.15, 0.2) is 78.9 Å². The Morgan fingerprint density at radius 1 is 0.953 bits per heavy atom. The van der Waals surface area contributed by atoms with Crippen molar-refractivity contribution in [1.82, 2.24) is 9.97 Å². The smallest absolute Gasteiger partial charge is 0.250 e. The lowest BCUT2D eigenvalue weighted by atomic mass is 9.92. The molecule has 222 valence electrons. The van der Waals surface area contributed by atoms with Crippen molar-refractivity contribution in [3.63, 3.8) is 0 Å². The first-order valence-corrected chi connectivity index (χ1v) is 14.8. The number of carbonyl (C=O) groups is 1. The second-order valence-corrected chi connectivity index (χ2v) is 11.6. The third-order valence-corrected chi connectivity index (χ3v) is 8.27. The number of halogens is 1. The van der Waals surface area contributed by atoms with Gasteiger partial charge in [-0.3, -0.25) is 4.79 Å². The fraction of sp³-hybridized carbons (Fsp3) is 0.278. The average Bonchev–Trinajstić information content (AvgIpc) is 3.60. The summed E-state index contributed by atoms with van der Waals surface area (Å²) in [6, 6.07) is 24.7. The van der Waals surface area contributed by atoms with E-state index < -0.39 is 11.5 Å². The first-order valence-electron chi connectivity index (χ1n) is 14.8. The highest BCUT2D eigenvalue weighted by atomic mass is 19.1. The maximum atomic E-state index is 13.5. The van der Waals surface area contributed by atoms with E-state index in [0.29, 0.717) is 24.0 Å². The second-order valence-electron chi connectivity index (χ2n) is 11.6. The number of anilines is 1. The molecule has 0 spiro atoms. The van der Waals surface area contributed by atoms with Gasteiger partial charge in [-0.25, -0.2) is 9.37 Å². The Hall–Kier alpha value is -4.49. The Bertz CT molecular complexity index is 1750. The normalized spacial score (nSPS) is 13.9. The number of benzene rings is 4. The third-order valence-electron chi connectivity index (χ3n) is 8.27. The van der Waals surface area contributed by atoms with Crippen LogP contribution < -0.4 is 11.1 Å². The second kappa shape index (κ2) is 12.8. The first kappa shape index (κ1) is 30.0. The van der Waals surface area contributed by atoms with Crippen LogP contribution in [-0.4, -0.2) is 33.1 Å². The highest BCUT2D eigenvalue weighted by Crippen LogP contribution is 2.36. The lowest BCUT2D eigenvalue weighted by Gasteiger charge is -2.22. The van der Waals surface area contributed by atoms with Gasteiger partial charge >= 0.3 is 0 Å². The van der Waals surface area contributed by atoms with Gasteiger partial charge in [-0.15, -0.1) is 0 Å². The van der Waals surface area contributed by atoms with Crippen molar-refractivity contribution in [2.75, 3.05) is 11.9 Å². The molecular formula is C36H39FN4O2. The molecule has 43 heavy (non-hydrogen) atoms. The van der Waals surface area contributed by atoms with Crippen LogP contribution in [0.5, 0.6) is 0 Å². The average molecular weight is 579 g/mol. The number of nitrogens with one attached hydrogen (secondary N) is 2. The van der Waals surface area contributed by atoms with Gasteiger partial charge in [0.1, 0.15) is 11.6 Å². The summed E-state index contributed by atoms with van der Waals surface area (Å²) >= 11 is 0. The summed E-state index contributed by atoms with van der Waals surface area (Å²) in [7, 11) is 0. The molecule has 1 aliphatic rings. The number of hydrogen-bond acceptors (Lipinski definition) is 4. The number of imidazole rings is 1. The summed E-state index contributed by atoms with van der Waals surface area (Å²) < 4.78 is 13.5. The van der Waals surface area contributed by atoms with Crippen LogP contribution in [-0.2, 0) is 0 Å².